The van der Waals surface area contributed by atoms with Crippen molar-refractivity contribution in [3.8, 4) is 0 Å². The van der Waals surface area contributed by atoms with Crippen LogP contribution in [0.3, 0.4) is 0 Å². The first kappa shape index (κ1) is 63.8. The van der Waals surface area contributed by atoms with Crippen molar-refractivity contribution in [2.24, 2.45) is 0 Å². The van der Waals surface area contributed by atoms with Gasteiger partial charge in [0.2, 0.25) is 0 Å². The Morgan fingerprint density at radius 3 is 0.985 bits per heavy atom. The second kappa shape index (κ2) is 55.4. The van der Waals surface area contributed by atoms with Crippen molar-refractivity contribution in [1.82, 2.24) is 0 Å². The Labute approximate surface area is 414 Å². The largest absolute Gasteiger partial charge is 0.462 e. The van der Waals surface area contributed by atoms with Gasteiger partial charge in [-0.05, 0) is 83.5 Å². The molecule has 0 amide bonds. The van der Waals surface area contributed by atoms with Crippen LogP contribution in [-0.2, 0) is 28.6 Å². The van der Waals surface area contributed by atoms with Crippen LogP contribution in [0.1, 0.15) is 278 Å². The SMILES string of the molecule is CC/C=C/C/C=C/C/C=C/C/C=C/C/C=C/CCCC(=O)OC[C@@H](COC(=O)CCCCCCCCCCCCCCCCC)OC(=O)CCCCCCCCC/C=C/CCCCCCCC. The summed E-state index contributed by atoms with van der Waals surface area (Å²) in [4.78, 5) is 38.1. The average Bonchev–Trinajstić information content (AvgIpc) is 3.33. The van der Waals surface area contributed by atoms with Crippen molar-refractivity contribution < 1.29 is 28.6 Å². The van der Waals surface area contributed by atoms with Gasteiger partial charge in [0.05, 0.1) is 0 Å². The van der Waals surface area contributed by atoms with E-state index in [-0.39, 0.29) is 37.5 Å². The van der Waals surface area contributed by atoms with Crippen LogP contribution >= 0.6 is 0 Å². The normalized spacial score (nSPS) is 12.6. The molecule has 1 atom stereocenters. The summed E-state index contributed by atoms with van der Waals surface area (Å²) >= 11 is 0. The Bertz CT molecular complexity index is 1260. The number of esters is 3. The van der Waals surface area contributed by atoms with E-state index in [2.05, 4.69) is 93.7 Å². The van der Waals surface area contributed by atoms with Crippen LogP contribution in [0, 0.1) is 0 Å². The summed E-state index contributed by atoms with van der Waals surface area (Å²) < 4.78 is 16.8. The predicted molar refractivity (Wildman–Crippen MR) is 288 cm³/mol. The average molecular weight is 936 g/mol. The van der Waals surface area contributed by atoms with E-state index in [0.717, 1.165) is 77.0 Å². The van der Waals surface area contributed by atoms with Crippen LogP contribution in [0.2, 0.25) is 0 Å². The van der Waals surface area contributed by atoms with Crippen LogP contribution < -0.4 is 0 Å². The third kappa shape index (κ3) is 53.7. The minimum atomic E-state index is -0.799. The van der Waals surface area contributed by atoms with Crippen LogP contribution in [0.25, 0.3) is 0 Å². The number of carbonyl (C=O) groups is 3. The van der Waals surface area contributed by atoms with E-state index in [9.17, 15) is 14.4 Å². The molecule has 0 bridgehead atoms. The molecule has 0 heterocycles. The first-order chi connectivity index (χ1) is 33.0. The third-order valence-electron chi connectivity index (χ3n) is 12.2. The maximum Gasteiger partial charge on any atom is 0.306 e. The highest BCUT2D eigenvalue weighted by atomic mass is 16.6. The quantitative estimate of drug-likeness (QED) is 0.0262. The van der Waals surface area contributed by atoms with Crippen molar-refractivity contribution in [3.63, 3.8) is 0 Å². The molecule has 0 saturated heterocycles. The zero-order valence-electron chi connectivity index (χ0n) is 44.2. The van der Waals surface area contributed by atoms with Gasteiger partial charge in [-0.3, -0.25) is 14.4 Å². The van der Waals surface area contributed by atoms with E-state index in [1.54, 1.807) is 0 Å². The zero-order valence-corrected chi connectivity index (χ0v) is 44.2. The predicted octanol–water partition coefficient (Wildman–Crippen LogP) is 19.0. The number of unbranched alkanes of at least 4 members (excludes halogenated alkanes) is 28. The van der Waals surface area contributed by atoms with Gasteiger partial charge in [0, 0.05) is 19.3 Å². The van der Waals surface area contributed by atoms with Crippen LogP contribution in [0.15, 0.2) is 72.9 Å². The third-order valence-corrected chi connectivity index (χ3v) is 12.2. The lowest BCUT2D eigenvalue weighted by atomic mass is 10.0. The van der Waals surface area contributed by atoms with Gasteiger partial charge in [0.1, 0.15) is 13.2 Å². The molecule has 0 rings (SSSR count). The van der Waals surface area contributed by atoms with Gasteiger partial charge < -0.3 is 14.2 Å². The maximum atomic E-state index is 12.8. The molecule has 0 saturated carbocycles. The highest BCUT2D eigenvalue weighted by Crippen LogP contribution is 2.16. The lowest BCUT2D eigenvalue weighted by Crippen LogP contribution is -2.30. The Kier molecular flexibility index (Phi) is 52.8. The first-order valence-corrected chi connectivity index (χ1v) is 28.4. The summed E-state index contributed by atoms with van der Waals surface area (Å²) in [5, 5.41) is 0. The molecule has 0 N–H and O–H groups in total. The summed E-state index contributed by atoms with van der Waals surface area (Å²) in [6, 6.07) is 0. The van der Waals surface area contributed by atoms with Crippen molar-refractivity contribution in [2.75, 3.05) is 13.2 Å². The number of allylic oxidation sites excluding steroid dienone is 12. The molecule has 0 aliphatic carbocycles. The van der Waals surface area contributed by atoms with Crippen LogP contribution in [0.5, 0.6) is 0 Å². The number of rotatable bonds is 51. The highest BCUT2D eigenvalue weighted by Gasteiger charge is 2.19. The Balaban J connectivity index is 4.46. The summed E-state index contributed by atoms with van der Waals surface area (Å²) in [5.74, 6) is -0.948. The van der Waals surface area contributed by atoms with E-state index in [0.29, 0.717) is 19.3 Å². The molecule has 6 heteroatoms. The Morgan fingerprint density at radius 1 is 0.313 bits per heavy atom. The minimum Gasteiger partial charge on any atom is -0.462 e. The molecule has 0 aromatic carbocycles. The smallest absolute Gasteiger partial charge is 0.306 e. The molecule has 0 aromatic rings. The van der Waals surface area contributed by atoms with Gasteiger partial charge in [-0.2, -0.15) is 0 Å². The number of hydrogen-bond acceptors (Lipinski definition) is 6. The van der Waals surface area contributed by atoms with Crippen LogP contribution in [0.4, 0.5) is 0 Å². The van der Waals surface area contributed by atoms with Crippen molar-refractivity contribution in [1.29, 1.82) is 0 Å². The summed E-state index contributed by atoms with van der Waals surface area (Å²) in [5.41, 5.74) is 0. The molecule has 67 heavy (non-hydrogen) atoms. The number of ether oxygens (including phenoxy) is 3. The second-order valence-corrected chi connectivity index (χ2v) is 18.8. The van der Waals surface area contributed by atoms with E-state index in [1.807, 2.05) is 0 Å². The molecule has 6 nitrogen and oxygen atoms in total. The van der Waals surface area contributed by atoms with Crippen molar-refractivity contribution in [2.45, 2.75) is 284 Å². The molecule has 386 valence electrons. The van der Waals surface area contributed by atoms with E-state index >= 15 is 0 Å². The highest BCUT2D eigenvalue weighted by molar-refractivity contribution is 5.71. The van der Waals surface area contributed by atoms with Crippen LogP contribution in [-0.4, -0.2) is 37.2 Å². The molecule has 0 spiro atoms. The van der Waals surface area contributed by atoms with Gasteiger partial charge >= 0.3 is 17.9 Å². The first-order valence-electron chi connectivity index (χ1n) is 28.4. The zero-order chi connectivity index (χ0) is 48.6. The molecule has 0 radical (unpaired) electrons. The lowest BCUT2D eigenvalue weighted by Gasteiger charge is -2.18. The fraction of sp³-hybridized carbons (Fsp3) is 0.754. The summed E-state index contributed by atoms with van der Waals surface area (Å²) in [6.45, 7) is 6.49. The monoisotopic (exact) mass is 935 g/mol. The number of hydrogen-bond donors (Lipinski definition) is 0. The maximum absolute atomic E-state index is 12.8. The molecular weight excluding hydrogens is 829 g/mol. The van der Waals surface area contributed by atoms with Gasteiger partial charge in [-0.25, -0.2) is 0 Å². The summed E-state index contributed by atoms with van der Waals surface area (Å²) in [7, 11) is 0. The van der Waals surface area contributed by atoms with E-state index in [4.69, 9.17) is 14.2 Å². The standard InChI is InChI=1S/C61H106O6/c1-4-7-10-13-16-19-22-25-28-30-33-36-39-42-45-48-51-54-60(63)66-57-58(56-65-59(62)53-50-47-44-41-38-35-32-27-24-21-18-15-12-9-6-3)67-61(64)55-52-49-46-43-40-37-34-31-29-26-23-20-17-14-11-8-5-2/h7,10,16,19,25-26,28-29,33,36,42,45,58H,4-6,8-9,11-15,17-18,20-24,27,30-32,34-35,37-41,43-44,46-57H2,1-3H3/b10-7+,19-16+,28-25+,29-26+,36-33+,45-42+/t58-/m1/s1. The molecule has 0 unspecified atom stereocenters. The van der Waals surface area contributed by atoms with Crippen molar-refractivity contribution in [3.05, 3.63) is 72.9 Å². The molecule has 0 aliphatic rings. The Morgan fingerprint density at radius 2 is 0.597 bits per heavy atom. The number of carbonyl (C=O) groups excluding carboxylic acids is 3. The fourth-order valence-corrected chi connectivity index (χ4v) is 7.94. The Hall–Kier alpha value is -3.15. The lowest BCUT2D eigenvalue weighted by molar-refractivity contribution is -0.167. The van der Waals surface area contributed by atoms with E-state index in [1.165, 1.54) is 154 Å². The van der Waals surface area contributed by atoms with Crippen molar-refractivity contribution >= 4 is 17.9 Å². The second-order valence-electron chi connectivity index (χ2n) is 18.8. The molecule has 0 aromatic heterocycles. The minimum absolute atomic E-state index is 0.0924. The molecule has 0 fully saturated rings. The van der Waals surface area contributed by atoms with Gasteiger partial charge in [0.15, 0.2) is 6.10 Å². The molecule has 0 aliphatic heterocycles. The fourth-order valence-electron chi connectivity index (χ4n) is 7.94. The summed E-state index contributed by atoms with van der Waals surface area (Å²) in [6.07, 6.45) is 70.4. The van der Waals surface area contributed by atoms with Gasteiger partial charge in [-0.15, -0.1) is 0 Å². The topological polar surface area (TPSA) is 78.9 Å². The molecular formula is C61H106O6. The van der Waals surface area contributed by atoms with Gasteiger partial charge in [0.25, 0.3) is 0 Å². The van der Waals surface area contributed by atoms with E-state index < -0.39 is 6.10 Å². The van der Waals surface area contributed by atoms with Gasteiger partial charge in [-0.1, -0.05) is 248 Å².